The van der Waals surface area contributed by atoms with E-state index >= 15 is 0 Å². The summed E-state index contributed by atoms with van der Waals surface area (Å²) >= 11 is 0. The zero-order valence-corrected chi connectivity index (χ0v) is 11.8. The van der Waals surface area contributed by atoms with Crippen molar-refractivity contribution < 1.29 is 23.8 Å². The van der Waals surface area contributed by atoms with Crippen molar-refractivity contribution in [2.75, 3.05) is 20.3 Å². The summed E-state index contributed by atoms with van der Waals surface area (Å²) in [5.41, 5.74) is -0.00302. The number of piperidine rings is 1. The Bertz CT molecular complexity index is 536. The zero-order valence-electron chi connectivity index (χ0n) is 11.8. The van der Waals surface area contributed by atoms with Gasteiger partial charge in [-0.05, 0) is 19.2 Å². The molecule has 2 saturated heterocycles. The second kappa shape index (κ2) is 5.61. The average molecular weight is 295 g/mol. The number of carbonyl (C=O) groups is 1. The van der Waals surface area contributed by atoms with Crippen LogP contribution in [0.25, 0.3) is 0 Å². The Labute approximate surface area is 122 Å². The van der Waals surface area contributed by atoms with E-state index in [1.54, 1.807) is 0 Å². The Balaban J connectivity index is 1.78. The Morgan fingerprint density at radius 1 is 1.38 bits per heavy atom. The molecule has 1 aromatic carbocycles. The molecule has 6 heteroatoms. The number of hydrogen-bond acceptors (Lipinski definition) is 4. The molecule has 0 spiro atoms. The first-order valence-electron chi connectivity index (χ1n) is 7.04. The molecular formula is C15H18FNO4. The van der Waals surface area contributed by atoms with Gasteiger partial charge in [0.1, 0.15) is 23.2 Å². The van der Waals surface area contributed by atoms with Crippen LogP contribution in [0.2, 0.25) is 0 Å². The Morgan fingerprint density at radius 2 is 2.05 bits per heavy atom. The summed E-state index contributed by atoms with van der Waals surface area (Å²) in [6.45, 7) is 1.31. The molecule has 0 aromatic heterocycles. The first kappa shape index (κ1) is 14.3. The summed E-state index contributed by atoms with van der Waals surface area (Å²) in [5.74, 6) is -1.50. The largest absolute Gasteiger partial charge is 0.489 e. The van der Waals surface area contributed by atoms with Gasteiger partial charge >= 0.3 is 5.97 Å². The van der Waals surface area contributed by atoms with Gasteiger partial charge in [0.2, 0.25) is 0 Å². The van der Waals surface area contributed by atoms with Crippen LogP contribution in [0.15, 0.2) is 18.2 Å². The van der Waals surface area contributed by atoms with Crippen molar-refractivity contribution in [1.29, 1.82) is 0 Å². The van der Waals surface area contributed by atoms with Crippen molar-refractivity contribution in [2.24, 2.45) is 0 Å². The van der Waals surface area contributed by atoms with E-state index in [0.29, 0.717) is 13.2 Å². The van der Waals surface area contributed by atoms with E-state index in [9.17, 15) is 9.18 Å². The van der Waals surface area contributed by atoms with E-state index in [4.69, 9.17) is 14.6 Å². The fourth-order valence-corrected chi connectivity index (χ4v) is 3.09. The van der Waals surface area contributed by atoms with E-state index < -0.39 is 11.8 Å². The summed E-state index contributed by atoms with van der Waals surface area (Å²) in [6.07, 6.45) is 1.39. The lowest BCUT2D eigenvalue weighted by atomic mass is 9.92. The lowest BCUT2D eigenvalue weighted by molar-refractivity contribution is -0.0880. The molecule has 0 radical (unpaired) electrons. The van der Waals surface area contributed by atoms with Crippen LogP contribution in [0.4, 0.5) is 4.39 Å². The maximum atomic E-state index is 13.4. The molecule has 3 atom stereocenters. The summed E-state index contributed by atoms with van der Waals surface area (Å²) in [4.78, 5) is 13.5. The molecule has 3 rings (SSSR count). The normalized spacial score (nSPS) is 29.1. The third kappa shape index (κ3) is 2.87. The molecule has 2 aliphatic rings. The zero-order chi connectivity index (χ0) is 15.0. The van der Waals surface area contributed by atoms with Gasteiger partial charge in [0.05, 0.1) is 13.2 Å². The number of halogens is 1. The number of carboxylic acids is 1. The van der Waals surface area contributed by atoms with Gasteiger partial charge in [-0.1, -0.05) is 0 Å². The molecule has 21 heavy (non-hydrogen) atoms. The number of morpholine rings is 1. The van der Waals surface area contributed by atoms with Crippen LogP contribution in [-0.4, -0.2) is 54.4 Å². The second-order valence-electron chi connectivity index (χ2n) is 5.67. The molecule has 1 aromatic rings. The maximum absolute atomic E-state index is 13.4. The van der Waals surface area contributed by atoms with Gasteiger partial charge in [-0.3, -0.25) is 4.90 Å². The molecule has 2 bridgehead atoms. The van der Waals surface area contributed by atoms with Crippen molar-refractivity contribution in [3.63, 3.8) is 0 Å². The van der Waals surface area contributed by atoms with Crippen LogP contribution in [0.5, 0.6) is 5.75 Å². The van der Waals surface area contributed by atoms with E-state index in [-0.39, 0.29) is 29.5 Å². The number of fused-ring (bicyclic) bond motifs is 2. The minimum absolute atomic E-state index is 0.00302. The smallest absolute Gasteiger partial charge is 0.339 e. The van der Waals surface area contributed by atoms with Gasteiger partial charge in [-0.2, -0.15) is 0 Å². The van der Waals surface area contributed by atoms with Crippen LogP contribution >= 0.6 is 0 Å². The van der Waals surface area contributed by atoms with Gasteiger partial charge in [-0.15, -0.1) is 0 Å². The van der Waals surface area contributed by atoms with Crippen molar-refractivity contribution in [3.05, 3.63) is 29.6 Å². The lowest BCUT2D eigenvalue weighted by Crippen LogP contribution is -2.57. The van der Waals surface area contributed by atoms with Crippen LogP contribution in [0.1, 0.15) is 23.2 Å². The first-order chi connectivity index (χ1) is 10.0. The average Bonchev–Trinajstić information content (AvgIpc) is 2.39. The molecule has 0 saturated carbocycles. The Hall–Kier alpha value is -1.66. The Morgan fingerprint density at radius 3 is 2.67 bits per heavy atom. The fraction of sp³-hybridized carbons (Fsp3) is 0.533. The van der Waals surface area contributed by atoms with Gasteiger partial charge in [0, 0.05) is 31.0 Å². The molecule has 2 heterocycles. The van der Waals surface area contributed by atoms with Crippen molar-refractivity contribution in [3.8, 4) is 5.75 Å². The highest BCUT2D eigenvalue weighted by molar-refractivity contribution is 5.90. The number of carboxylic acid groups (broad SMARTS) is 1. The van der Waals surface area contributed by atoms with Crippen molar-refractivity contribution in [2.45, 2.75) is 31.0 Å². The second-order valence-corrected chi connectivity index (χ2v) is 5.67. The van der Waals surface area contributed by atoms with Gasteiger partial charge in [0.25, 0.3) is 0 Å². The molecule has 1 unspecified atom stereocenters. The predicted octanol–water partition coefficient (Wildman–Crippen LogP) is 1.76. The number of rotatable bonds is 3. The van der Waals surface area contributed by atoms with E-state index in [1.807, 2.05) is 0 Å². The minimum Gasteiger partial charge on any atom is -0.489 e. The molecule has 114 valence electrons. The highest BCUT2D eigenvalue weighted by Gasteiger charge is 2.38. The molecule has 5 nitrogen and oxygen atoms in total. The summed E-state index contributed by atoms with van der Waals surface area (Å²) < 4.78 is 24.7. The molecule has 2 fully saturated rings. The molecule has 0 aliphatic carbocycles. The molecule has 2 aliphatic heterocycles. The number of likely N-dealkylation sites (N-methyl/N-ethyl adjacent to an activating group) is 1. The molecule has 1 N–H and O–H groups in total. The van der Waals surface area contributed by atoms with E-state index in [0.717, 1.165) is 25.0 Å². The van der Waals surface area contributed by atoms with E-state index in [2.05, 4.69) is 11.9 Å². The summed E-state index contributed by atoms with van der Waals surface area (Å²) in [6, 6.07) is 4.06. The van der Waals surface area contributed by atoms with Gasteiger partial charge in [0.15, 0.2) is 0 Å². The highest BCUT2D eigenvalue weighted by Crippen LogP contribution is 2.30. The monoisotopic (exact) mass is 295 g/mol. The Kier molecular flexibility index (Phi) is 3.82. The van der Waals surface area contributed by atoms with Crippen LogP contribution in [-0.2, 0) is 4.74 Å². The van der Waals surface area contributed by atoms with Gasteiger partial charge in [-0.25, -0.2) is 9.18 Å². The number of aromatic carboxylic acids is 1. The van der Waals surface area contributed by atoms with Crippen LogP contribution in [0.3, 0.4) is 0 Å². The maximum Gasteiger partial charge on any atom is 0.339 e. The minimum atomic E-state index is -1.11. The highest BCUT2D eigenvalue weighted by atomic mass is 19.1. The van der Waals surface area contributed by atoms with Crippen molar-refractivity contribution >= 4 is 5.97 Å². The number of nitrogens with zero attached hydrogens (tertiary/aromatic N) is 1. The molecule has 0 amide bonds. The fourth-order valence-electron chi connectivity index (χ4n) is 3.09. The topological polar surface area (TPSA) is 59.0 Å². The van der Waals surface area contributed by atoms with Gasteiger partial charge < -0.3 is 14.6 Å². The number of hydrogen-bond donors (Lipinski definition) is 1. The standard InChI is InChI=1S/C15H18FNO4/c1-17-10-5-12(6-11(17)8-20-7-10)21-14-4-9(16)2-3-13(14)15(18)19/h2-4,10-12H,5-8H2,1H3,(H,18,19)/t10-,11+,12?. The first-order valence-corrected chi connectivity index (χ1v) is 7.04. The van der Waals surface area contributed by atoms with Crippen molar-refractivity contribution in [1.82, 2.24) is 4.90 Å². The quantitative estimate of drug-likeness (QED) is 0.921. The van der Waals surface area contributed by atoms with Crippen LogP contribution < -0.4 is 4.74 Å². The van der Waals surface area contributed by atoms with Crippen LogP contribution in [0, 0.1) is 5.82 Å². The van der Waals surface area contributed by atoms with E-state index in [1.165, 1.54) is 6.07 Å². The third-order valence-electron chi connectivity index (χ3n) is 4.31. The third-order valence-corrected chi connectivity index (χ3v) is 4.31. The SMILES string of the molecule is CN1[C@@H]2COC[C@H]1CC(Oc1cc(F)ccc1C(=O)O)C2. The molecular weight excluding hydrogens is 277 g/mol. The summed E-state index contributed by atoms with van der Waals surface area (Å²) in [7, 11) is 2.07. The number of benzene rings is 1. The summed E-state index contributed by atoms with van der Waals surface area (Å²) in [5, 5.41) is 9.16. The number of ether oxygens (including phenoxy) is 2. The lowest BCUT2D eigenvalue weighted by Gasteiger charge is -2.46. The predicted molar refractivity (Wildman–Crippen MR) is 73.2 cm³/mol.